The Bertz CT molecular complexity index is 418. The molecule has 1 aliphatic carbocycles. The van der Waals surface area contributed by atoms with Gasteiger partial charge in [-0.05, 0) is 19.8 Å². The van der Waals surface area contributed by atoms with Crippen LogP contribution < -0.4 is 16.8 Å². The number of hydrogen-bond acceptors (Lipinski definition) is 5. The van der Waals surface area contributed by atoms with E-state index in [9.17, 15) is 4.79 Å². The van der Waals surface area contributed by atoms with E-state index in [1.165, 1.54) is 0 Å². The van der Waals surface area contributed by atoms with Crippen LogP contribution in [0.1, 0.15) is 30.6 Å². The van der Waals surface area contributed by atoms with Crippen LogP contribution in [0.2, 0.25) is 0 Å². The van der Waals surface area contributed by atoms with E-state index >= 15 is 0 Å². The molecule has 1 amide bonds. The summed E-state index contributed by atoms with van der Waals surface area (Å²) in [7, 11) is 0. The minimum absolute atomic E-state index is 0.0332. The van der Waals surface area contributed by atoms with Crippen molar-refractivity contribution in [1.29, 1.82) is 0 Å². The van der Waals surface area contributed by atoms with Crippen LogP contribution >= 0.6 is 0 Å². The van der Waals surface area contributed by atoms with Crippen molar-refractivity contribution in [1.82, 2.24) is 15.3 Å². The Balaban J connectivity index is 2.15. The zero-order valence-electron chi connectivity index (χ0n) is 9.10. The van der Waals surface area contributed by atoms with Crippen molar-refractivity contribution in [2.24, 2.45) is 5.73 Å². The third-order valence-electron chi connectivity index (χ3n) is 2.69. The first-order valence-corrected chi connectivity index (χ1v) is 5.25. The van der Waals surface area contributed by atoms with E-state index in [1.54, 1.807) is 13.1 Å². The zero-order chi connectivity index (χ0) is 11.7. The molecule has 0 bridgehead atoms. The molecule has 0 saturated heterocycles. The first kappa shape index (κ1) is 10.8. The minimum Gasteiger partial charge on any atom is -0.368 e. The fourth-order valence-electron chi connectivity index (χ4n) is 1.82. The lowest BCUT2D eigenvalue weighted by molar-refractivity contribution is -0.122. The predicted octanol–water partition coefficient (Wildman–Crippen LogP) is -0.490. The molecular formula is C10H15N5O. The number of carbonyl (C=O) groups is 1. The fourth-order valence-corrected chi connectivity index (χ4v) is 1.82. The lowest BCUT2D eigenvalue weighted by Crippen LogP contribution is -2.39. The lowest BCUT2D eigenvalue weighted by atomic mass is 10.1. The van der Waals surface area contributed by atoms with Crippen molar-refractivity contribution in [3.05, 3.63) is 17.5 Å². The second kappa shape index (κ2) is 4.05. The number of nitrogen functional groups attached to an aromatic ring is 1. The Morgan fingerprint density at radius 3 is 3.12 bits per heavy atom. The molecule has 2 atom stereocenters. The number of aryl methyl sites for hydroxylation is 1. The van der Waals surface area contributed by atoms with Crippen molar-refractivity contribution in [2.45, 2.75) is 31.8 Å². The number of aromatic nitrogens is 2. The summed E-state index contributed by atoms with van der Waals surface area (Å²) in [6.45, 7) is 1.66. The maximum atomic E-state index is 11.5. The van der Waals surface area contributed by atoms with Gasteiger partial charge in [-0.15, -0.1) is 0 Å². The molecule has 1 unspecified atom stereocenters. The molecule has 1 aromatic heterocycles. The Labute approximate surface area is 93.4 Å². The molecule has 0 saturated carbocycles. The monoisotopic (exact) mass is 221 g/mol. The largest absolute Gasteiger partial charge is 0.368 e. The van der Waals surface area contributed by atoms with Gasteiger partial charge in [0.2, 0.25) is 11.9 Å². The van der Waals surface area contributed by atoms with Gasteiger partial charge in [0.1, 0.15) is 0 Å². The Morgan fingerprint density at radius 2 is 2.44 bits per heavy atom. The molecule has 16 heavy (non-hydrogen) atoms. The van der Waals surface area contributed by atoms with E-state index in [0.717, 1.165) is 24.1 Å². The number of nitrogens with one attached hydrogen (secondary N) is 1. The normalized spacial score (nSPS) is 20.2. The number of anilines is 1. The van der Waals surface area contributed by atoms with E-state index in [4.69, 9.17) is 11.5 Å². The molecule has 1 aliphatic rings. The van der Waals surface area contributed by atoms with Gasteiger partial charge in [0.25, 0.3) is 0 Å². The second-order valence-corrected chi connectivity index (χ2v) is 4.02. The first-order valence-electron chi connectivity index (χ1n) is 5.25. The number of carbonyl (C=O) groups excluding carboxylic acids is 1. The quantitative estimate of drug-likeness (QED) is 0.624. The summed E-state index contributed by atoms with van der Waals surface area (Å²) in [5.74, 6) is 0.118. The molecule has 0 radical (unpaired) electrons. The summed E-state index contributed by atoms with van der Waals surface area (Å²) in [6, 6.07) is -0.534. The number of hydrogen-bond donors (Lipinski definition) is 3. The molecule has 6 nitrogen and oxygen atoms in total. The average molecular weight is 221 g/mol. The standard InChI is InChI=1S/C10H15N5O/c1-5(11)9(16)14-7-2-3-8-6(7)4-13-10(12)15-8/h4-5,7H,2-3,11H2,1H3,(H,14,16)(H2,12,13,15)/t5-,7?/m0/s1. The number of amides is 1. The Kier molecular flexibility index (Phi) is 2.74. The van der Waals surface area contributed by atoms with Crippen LogP contribution in [-0.4, -0.2) is 21.9 Å². The number of nitrogens with zero attached hydrogens (tertiary/aromatic N) is 2. The number of fused-ring (bicyclic) bond motifs is 1. The third-order valence-corrected chi connectivity index (χ3v) is 2.69. The molecule has 0 aliphatic heterocycles. The van der Waals surface area contributed by atoms with E-state index in [0.29, 0.717) is 0 Å². The Morgan fingerprint density at radius 1 is 1.69 bits per heavy atom. The molecule has 0 aromatic carbocycles. The van der Waals surface area contributed by atoms with Crippen LogP contribution in [0.3, 0.4) is 0 Å². The van der Waals surface area contributed by atoms with Gasteiger partial charge in [0, 0.05) is 11.8 Å². The SMILES string of the molecule is C[C@H](N)C(=O)NC1CCc2nc(N)ncc21. The highest BCUT2D eigenvalue weighted by Gasteiger charge is 2.26. The maximum Gasteiger partial charge on any atom is 0.237 e. The summed E-state index contributed by atoms with van der Waals surface area (Å²) < 4.78 is 0. The zero-order valence-corrected chi connectivity index (χ0v) is 9.10. The smallest absolute Gasteiger partial charge is 0.237 e. The summed E-state index contributed by atoms with van der Waals surface area (Å²) in [5.41, 5.74) is 12.9. The first-order chi connectivity index (χ1) is 7.58. The van der Waals surface area contributed by atoms with Gasteiger partial charge in [-0.2, -0.15) is 0 Å². The highest BCUT2D eigenvalue weighted by molar-refractivity contribution is 5.81. The second-order valence-electron chi connectivity index (χ2n) is 4.02. The molecule has 0 fully saturated rings. The van der Waals surface area contributed by atoms with E-state index < -0.39 is 6.04 Å². The van der Waals surface area contributed by atoms with Gasteiger partial charge < -0.3 is 16.8 Å². The van der Waals surface area contributed by atoms with Crippen LogP contribution in [0.5, 0.6) is 0 Å². The molecule has 1 heterocycles. The van der Waals surface area contributed by atoms with Gasteiger partial charge >= 0.3 is 0 Å². The van der Waals surface area contributed by atoms with E-state index in [-0.39, 0.29) is 17.9 Å². The highest BCUT2D eigenvalue weighted by atomic mass is 16.2. The predicted molar refractivity (Wildman–Crippen MR) is 59.3 cm³/mol. The van der Waals surface area contributed by atoms with Crippen molar-refractivity contribution in [2.75, 3.05) is 5.73 Å². The van der Waals surface area contributed by atoms with Gasteiger partial charge in [-0.25, -0.2) is 9.97 Å². The molecule has 2 rings (SSSR count). The molecule has 86 valence electrons. The van der Waals surface area contributed by atoms with Crippen LogP contribution in [0, 0.1) is 0 Å². The number of nitrogens with two attached hydrogens (primary N) is 2. The molecule has 5 N–H and O–H groups in total. The topological polar surface area (TPSA) is 107 Å². The third kappa shape index (κ3) is 1.96. The average Bonchev–Trinajstić information content (AvgIpc) is 2.60. The fraction of sp³-hybridized carbons (Fsp3) is 0.500. The summed E-state index contributed by atoms with van der Waals surface area (Å²) in [6.07, 6.45) is 3.31. The highest BCUT2D eigenvalue weighted by Crippen LogP contribution is 2.29. The van der Waals surface area contributed by atoms with Crippen LogP contribution in [0.15, 0.2) is 6.20 Å². The van der Waals surface area contributed by atoms with Crippen molar-refractivity contribution < 1.29 is 4.79 Å². The summed E-state index contributed by atoms with van der Waals surface area (Å²) in [4.78, 5) is 19.6. The molecule has 0 spiro atoms. The van der Waals surface area contributed by atoms with Gasteiger partial charge in [-0.3, -0.25) is 4.79 Å². The van der Waals surface area contributed by atoms with E-state index in [2.05, 4.69) is 15.3 Å². The van der Waals surface area contributed by atoms with Gasteiger partial charge in [0.15, 0.2) is 0 Å². The van der Waals surface area contributed by atoms with Crippen LogP contribution in [0.4, 0.5) is 5.95 Å². The lowest BCUT2D eigenvalue weighted by Gasteiger charge is -2.15. The summed E-state index contributed by atoms with van der Waals surface area (Å²) >= 11 is 0. The van der Waals surface area contributed by atoms with Crippen LogP contribution in [-0.2, 0) is 11.2 Å². The molecular weight excluding hydrogens is 206 g/mol. The Hall–Kier alpha value is -1.69. The number of rotatable bonds is 2. The van der Waals surface area contributed by atoms with Crippen molar-refractivity contribution >= 4 is 11.9 Å². The summed E-state index contributed by atoms with van der Waals surface area (Å²) in [5, 5.41) is 2.87. The van der Waals surface area contributed by atoms with Gasteiger partial charge in [0.05, 0.1) is 17.8 Å². The minimum atomic E-state index is -0.501. The van der Waals surface area contributed by atoms with E-state index in [1.807, 2.05) is 0 Å². The molecule has 1 aromatic rings. The molecule has 6 heteroatoms. The van der Waals surface area contributed by atoms with Crippen molar-refractivity contribution in [3.8, 4) is 0 Å². The maximum absolute atomic E-state index is 11.5. The van der Waals surface area contributed by atoms with Crippen LogP contribution in [0.25, 0.3) is 0 Å². The van der Waals surface area contributed by atoms with Crippen molar-refractivity contribution in [3.63, 3.8) is 0 Å². The van der Waals surface area contributed by atoms with Gasteiger partial charge in [-0.1, -0.05) is 0 Å².